The number of nitrogens with zero attached hydrogens (tertiary/aromatic N) is 2. The molecule has 4 nitrogen and oxygen atoms in total. The molecule has 2 aromatic heterocycles. The molecule has 0 amide bonds. The maximum absolute atomic E-state index is 13.6. The van der Waals surface area contributed by atoms with E-state index in [0.717, 1.165) is 27.3 Å². The molecule has 1 aromatic carbocycles. The van der Waals surface area contributed by atoms with Crippen LogP contribution in [0, 0.1) is 5.82 Å². The van der Waals surface area contributed by atoms with E-state index in [1.54, 1.807) is 11.3 Å². The Kier molecular flexibility index (Phi) is 4.73. The second-order valence-corrected chi connectivity index (χ2v) is 9.54. The summed E-state index contributed by atoms with van der Waals surface area (Å²) in [5.41, 5.74) is 9.14. The number of halogens is 2. The molecule has 0 spiro atoms. The van der Waals surface area contributed by atoms with Crippen LogP contribution in [0.15, 0.2) is 76.1 Å². The third-order valence-electron chi connectivity index (χ3n) is 5.16. The first-order valence-electron chi connectivity index (χ1n) is 9.24. The standard InChI is InChI=1S/C22H18BrFN4S/c1-28-12-16-20(17-6-7-18(23)29-17)19(13-8-10-25-11-9-13)21(26-22(16)27-28)14-2-4-15(24)5-3-14/h2-11,21,26-27H,12H2,1H3. The Morgan fingerprint density at radius 1 is 1.10 bits per heavy atom. The lowest BCUT2D eigenvalue weighted by Gasteiger charge is -2.32. The molecule has 4 heterocycles. The topological polar surface area (TPSA) is 40.2 Å². The molecule has 0 fully saturated rings. The first-order chi connectivity index (χ1) is 14.1. The quantitative estimate of drug-likeness (QED) is 0.569. The summed E-state index contributed by atoms with van der Waals surface area (Å²) in [6.07, 6.45) is 3.63. The van der Waals surface area contributed by atoms with Crippen LogP contribution in [0.3, 0.4) is 0 Å². The average molecular weight is 469 g/mol. The van der Waals surface area contributed by atoms with Gasteiger partial charge >= 0.3 is 0 Å². The van der Waals surface area contributed by atoms with Crippen molar-refractivity contribution in [3.05, 3.63) is 97.9 Å². The Labute approximate surface area is 180 Å². The van der Waals surface area contributed by atoms with Gasteiger partial charge in [-0.2, -0.15) is 0 Å². The number of rotatable bonds is 3. The number of benzene rings is 1. The van der Waals surface area contributed by atoms with Gasteiger partial charge in [-0.15, -0.1) is 11.3 Å². The van der Waals surface area contributed by atoms with Crippen molar-refractivity contribution >= 4 is 38.4 Å². The van der Waals surface area contributed by atoms with E-state index in [1.807, 2.05) is 43.7 Å². The second kappa shape index (κ2) is 7.40. The van der Waals surface area contributed by atoms with Crippen LogP contribution in [0.5, 0.6) is 0 Å². The van der Waals surface area contributed by atoms with Crippen molar-refractivity contribution in [2.45, 2.75) is 6.04 Å². The van der Waals surface area contributed by atoms with Gasteiger partial charge in [0.2, 0.25) is 0 Å². The summed E-state index contributed by atoms with van der Waals surface area (Å²) in [5.74, 6) is 0.763. The number of nitrogens with one attached hydrogen (secondary N) is 2. The summed E-state index contributed by atoms with van der Waals surface area (Å²) in [5, 5.41) is 5.72. The van der Waals surface area contributed by atoms with E-state index in [9.17, 15) is 4.39 Å². The fourth-order valence-electron chi connectivity index (χ4n) is 3.94. The van der Waals surface area contributed by atoms with Gasteiger partial charge in [-0.1, -0.05) is 12.1 Å². The highest BCUT2D eigenvalue weighted by atomic mass is 79.9. The van der Waals surface area contributed by atoms with Gasteiger partial charge in [-0.25, -0.2) is 9.40 Å². The lowest BCUT2D eigenvalue weighted by molar-refractivity contribution is 0.312. The molecule has 1 unspecified atom stereocenters. The molecule has 2 aliphatic rings. The molecular formula is C22H18BrFN4S. The smallest absolute Gasteiger partial charge is 0.123 e. The molecule has 0 saturated carbocycles. The molecule has 7 heteroatoms. The van der Waals surface area contributed by atoms with Gasteiger partial charge < -0.3 is 10.7 Å². The summed E-state index contributed by atoms with van der Waals surface area (Å²) in [7, 11) is 2.03. The molecule has 2 N–H and O–H groups in total. The van der Waals surface area contributed by atoms with E-state index in [-0.39, 0.29) is 11.9 Å². The van der Waals surface area contributed by atoms with E-state index < -0.39 is 0 Å². The van der Waals surface area contributed by atoms with Crippen molar-refractivity contribution in [3.8, 4) is 0 Å². The first kappa shape index (κ1) is 18.5. The highest BCUT2D eigenvalue weighted by Crippen LogP contribution is 2.47. The second-order valence-electron chi connectivity index (χ2n) is 7.08. The van der Waals surface area contributed by atoms with Crippen molar-refractivity contribution in [1.82, 2.24) is 20.7 Å². The zero-order chi connectivity index (χ0) is 20.0. The molecule has 0 aliphatic carbocycles. The summed E-state index contributed by atoms with van der Waals surface area (Å²) >= 11 is 5.33. The molecule has 0 saturated heterocycles. The lowest BCUT2D eigenvalue weighted by atomic mass is 9.83. The van der Waals surface area contributed by atoms with Crippen LogP contribution in [0.1, 0.15) is 22.0 Å². The molecule has 1 atom stereocenters. The Hall–Kier alpha value is -2.48. The number of hydrazine groups is 1. The van der Waals surface area contributed by atoms with Crippen LogP contribution in [-0.4, -0.2) is 23.6 Å². The summed E-state index contributed by atoms with van der Waals surface area (Å²) in [6.45, 7) is 0.790. The third-order valence-corrected chi connectivity index (χ3v) is 6.80. The first-order valence-corrected chi connectivity index (χ1v) is 10.8. The molecule has 0 bridgehead atoms. The Morgan fingerprint density at radius 2 is 1.86 bits per heavy atom. The maximum Gasteiger partial charge on any atom is 0.123 e. The minimum Gasteiger partial charge on any atom is -0.360 e. The van der Waals surface area contributed by atoms with E-state index in [1.165, 1.54) is 33.7 Å². The Morgan fingerprint density at radius 3 is 2.55 bits per heavy atom. The van der Waals surface area contributed by atoms with Crippen molar-refractivity contribution < 1.29 is 4.39 Å². The molecule has 5 rings (SSSR count). The van der Waals surface area contributed by atoms with Gasteiger partial charge in [-0.05, 0) is 69.0 Å². The normalized spacial score (nSPS) is 19.2. The van der Waals surface area contributed by atoms with Gasteiger partial charge in [0.05, 0.1) is 9.83 Å². The zero-order valence-corrected chi connectivity index (χ0v) is 18.0. The van der Waals surface area contributed by atoms with E-state index in [2.05, 4.69) is 48.8 Å². The number of aromatic nitrogens is 1. The van der Waals surface area contributed by atoms with Gasteiger partial charge in [0, 0.05) is 42.0 Å². The fourth-order valence-corrected chi connectivity index (χ4v) is 5.41. The minimum atomic E-state index is -0.236. The van der Waals surface area contributed by atoms with Gasteiger partial charge in [0.1, 0.15) is 11.6 Å². The SMILES string of the molecule is CN1CC2=C(NC(c3ccc(F)cc3)C(c3ccncc3)=C2c2ccc(Br)s2)N1. The third kappa shape index (κ3) is 3.39. The fraction of sp³-hybridized carbons (Fsp3) is 0.136. The Bertz CT molecular complexity index is 1120. The minimum absolute atomic E-state index is 0.119. The maximum atomic E-state index is 13.6. The predicted molar refractivity (Wildman–Crippen MR) is 118 cm³/mol. The van der Waals surface area contributed by atoms with E-state index in [4.69, 9.17) is 0 Å². The number of dihydropyridines is 1. The van der Waals surface area contributed by atoms with Crippen molar-refractivity contribution in [1.29, 1.82) is 0 Å². The number of thiophene rings is 1. The van der Waals surface area contributed by atoms with Gasteiger partial charge in [-0.3, -0.25) is 4.98 Å². The lowest BCUT2D eigenvalue weighted by Crippen LogP contribution is -2.35. The molecule has 29 heavy (non-hydrogen) atoms. The van der Waals surface area contributed by atoms with Crippen molar-refractivity contribution in [3.63, 3.8) is 0 Å². The van der Waals surface area contributed by atoms with Crippen molar-refractivity contribution in [2.24, 2.45) is 0 Å². The largest absolute Gasteiger partial charge is 0.360 e. The molecular weight excluding hydrogens is 451 g/mol. The van der Waals surface area contributed by atoms with Crippen LogP contribution < -0.4 is 10.7 Å². The summed E-state index contributed by atoms with van der Waals surface area (Å²) in [4.78, 5) is 5.40. The summed E-state index contributed by atoms with van der Waals surface area (Å²) in [6, 6.07) is 14.9. The van der Waals surface area contributed by atoms with Crippen LogP contribution in [0.25, 0.3) is 11.1 Å². The molecule has 2 aliphatic heterocycles. The highest BCUT2D eigenvalue weighted by Gasteiger charge is 2.35. The van der Waals surface area contributed by atoms with Gasteiger partial charge in [0.15, 0.2) is 0 Å². The van der Waals surface area contributed by atoms with Crippen molar-refractivity contribution in [2.75, 3.05) is 13.6 Å². The Balaban J connectivity index is 1.78. The van der Waals surface area contributed by atoms with Gasteiger partial charge in [0.25, 0.3) is 0 Å². The summed E-state index contributed by atoms with van der Waals surface area (Å²) < 4.78 is 14.7. The number of pyridine rings is 1. The molecule has 146 valence electrons. The monoisotopic (exact) mass is 468 g/mol. The highest BCUT2D eigenvalue weighted by molar-refractivity contribution is 9.11. The number of hydrogen-bond acceptors (Lipinski definition) is 5. The predicted octanol–water partition coefficient (Wildman–Crippen LogP) is 4.96. The number of hydrogen-bond donors (Lipinski definition) is 2. The molecule has 3 aromatic rings. The van der Waals surface area contributed by atoms with Crippen LogP contribution >= 0.6 is 27.3 Å². The van der Waals surface area contributed by atoms with Crippen LogP contribution in [0.4, 0.5) is 4.39 Å². The van der Waals surface area contributed by atoms with Crippen LogP contribution in [-0.2, 0) is 0 Å². The average Bonchev–Trinajstić information content (AvgIpc) is 3.32. The zero-order valence-electron chi connectivity index (χ0n) is 15.6. The van der Waals surface area contributed by atoms with Crippen LogP contribution in [0.2, 0.25) is 0 Å². The molecule has 0 radical (unpaired) electrons. The van der Waals surface area contributed by atoms with E-state index >= 15 is 0 Å². The number of likely N-dealkylation sites (N-methyl/N-ethyl adjacent to an activating group) is 1. The van der Waals surface area contributed by atoms with E-state index in [0.29, 0.717) is 0 Å².